The van der Waals surface area contributed by atoms with Crippen LogP contribution in [0, 0.1) is 0 Å². The highest BCUT2D eigenvalue weighted by molar-refractivity contribution is 5.78. The highest BCUT2D eigenvalue weighted by atomic mass is 16.2. The number of hydrogen-bond donors (Lipinski definition) is 2. The molecule has 1 aromatic rings. The largest absolute Gasteiger partial charge is 0.352 e. The number of aromatic nitrogens is 2. The molecule has 0 aliphatic heterocycles. The van der Waals surface area contributed by atoms with Crippen molar-refractivity contribution in [2.45, 2.75) is 25.3 Å². The first-order valence-corrected chi connectivity index (χ1v) is 5.72. The Bertz CT molecular complexity index is 357. The molecular weight excluding hydrogens is 204 g/mol. The fraction of sp³-hybridized carbons (Fsp3) is 0.636. The predicted octanol–water partition coefficient (Wildman–Crippen LogP) is -0.169. The number of amides is 1. The Morgan fingerprint density at radius 2 is 2.44 bits per heavy atom. The van der Waals surface area contributed by atoms with E-state index in [2.05, 4.69) is 15.7 Å². The summed E-state index contributed by atoms with van der Waals surface area (Å²) in [6.45, 7) is 1.21. The van der Waals surface area contributed by atoms with E-state index < -0.39 is 0 Å². The molecular formula is C11H18N4O. The van der Waals surface area contributed by atoms with Gasteiger partial charge in [-0.05, 0) is 18.9 Å². The summed E-state index contributed by atoms with van der Waals surface area (Å²) in [5.74, 6) is 0.104. The Balaban J connectivity index is 1.57. The number of hydrogen-bond acceptors (Lipinski definition) is 3. The van der Waals surface area contributed by atoms with Crippen molar-refractivity contribution in [3.8, 4) is 0 Å². The SMILES string of the molecule is Cn1nccc1CCNCC(=O)NC1CC1. The Labute approximate surface area is 95.2 Å². The third kappa shape index (κ3) is 3.34. The molecule has 0 unspecified atom stereocenters. The molecule has 1 aromatic heterocycles. The van der Waals surface area contributed by atoms with Crippen LogP contribution in [0.5, 0.6) is 0 Å². The normalized spacial score (nSPS) is 15.1. The Morgan fingerprint density at radius 1 is 1.62 bits per heavy atom. The minimum Gasteiger partial charge on any atom is -0.352 e. The molecule has 2 rings (SSSR count). The summed E-state index contributed by atoms with van der Waals surface area (Å²) in [6.07, 6.45) is 4.96. The molecule has 1 aliphatic rings. The average Bonchev–Trinajstić information content (AvgIpc) is 2.96. The van der Waals surface area contributed by atoms with Gasteiger partial charge >= 0.3 is 0 Å². The van der Waals surface area contributed by atoms with Crippen molar-refractivity contribution in [3.05, 3.63) is 18.0 Å². The van der Waals surface area contributed by atoms with Gasteiger partial charge in [0.25, 0.3) is 0 Å². The summed E-state index contributed by atoms with van der Waals surface area (Å²) in [4.78, 5) is 11.3. The number of carbonyl (C=O) groups excluding carboxylic acids is 1. The molecule has 1 aliphatic carbocycles. The predicted molar refractivity (Wildman–Crippen MR) is 60.9 cm³/mol. The fourth-order valence-electron chi connectivity index (χ4n) is 1.57. The second-order valence-corrected chi connectivity index (χ2v) is 4.21. The van der Waals surface area contributed by atoms with Gasteiger partial charge in [0.15, 0.2) is 0 Å². The Hall–Kier alpha value is -1.36. The molecule has 1 fully saturated rings. The van der Waals surface area contributed by atoms with Crippen LogP contribution in [-0.4, -0.2) is 34.8 Å². The third-order valence-corrected chi connectivity index (χ3v) is 2.71. The number of carbonyl (C=O) groups is 1. The summed E-state index contributed by atoms with van der Waals surface area (Å²) >= 11 is 0. The molecule has 0 aromatic carbocycles. The number of aryl methyl sites for hydroxylation is 1. The zero-order valence-electron chi connectivity index (χ0n) is 9.57. The van der Waals surface area contributed by atoms with Gasteiger partial charge in [-0.15, -0.1) is 0 Å². The van der Waals surface area contributed by atoms with Crippen molar-refractivity contribution in [2.75, 3.05) is 13.1 Å². The third-order valence-electron chi connectivity index (χ3n) is 2.71. The lowest BCUT2D eigenvalue weighted by Crippen LogP contribution is -2.35. The molecule has 88 valence electrons. The van der Waals surface area contributed by atoms with Crippen LogP contribution in [0.25, 0.3) is 0 Å². The molecule has 0 spiro atoms. The van der Waals surface area contributed by atoms with Gasteiger partial charge in [0.05, 0.1) is 6.54 Å². The first-order valence-electron chi connectivity index (χ1n) is 5.72. The molecule has 5 heteroatoms. The zero-order valence-corrected chi connectivity index (χ0v) is 9.57. The molecule has 0 radical (unpaired) electrons. The minimum atomic E-state index is 0.104. The number of nitrogens with zero attached hydrogens (tertiary/aromatic N) is 2. The van der Waals surface area contributed by atoms with Crippen molar-refractivity contribution >= 4 is 5.91 Å². The second kappa shape index (κ2) is 5.12. The van der Waals surface area contributed by atoms with Gasteiger partial charge in [0.2, 0.25) is 5.91 Å². The van der Waals surface area contributed by atoms with Crippen LogP contribution in [0.2, 0.25) is 0 Å². The van der Waals surface area contributed by atoms with Crippen LogP contribution in [0.15, 0.2) is 12.3 Å². The fourth-order valence-corrected chi connectivity index (χ4v) is 1.57. The van der Waals surface area contributed by atoms with Gasteiger partial charge in [0.1, 0.15) is 0 Å². The Kier molecular flexibility index (Phi) is 3.56. The van der Waals surface area contributed by atoms with Crippen molar-refractivity contribution in [1.82, 2.24) is 20.4 Å². The molecule has 0 bridgehead atoms. The zero-order chi connectivity index (χ0) is 11.4. The lowest BCUT2D eigenvalue weighted by atomic mass is 10.3. The van der Waals surface area contributed by atoms with Crippen LogP contribution in [0.4, 0.5) is 0 Å². The van der Waals surface area contributed by atoms with Gasteiger partial charge in [0, 0.05) is 37.9 Å². The van der Waals surface area contributed by atoms with Crippen molar-refractivity contribution in [1.29, 1.82) is 0 Å². The number of nitrogens with one attached hydrogen (secondary N) is 2. The average molecular weight is 222 g/mol. The van der Waals surface area contributed by atoms with Crippen LogP contribution >= 0.6 is 0 Å². The van der Waals surface area contributed by atoms with E-state index in [4.69, 9.17) is 0 Å². The van der Waals surface area contributed by atoms with E-state index in [0.29, 0.717) is 12.6 Å². The molecule has 1 saturated carbocycles. The van der Waals surface area contributed by atoms with E-state index in [1.165, 1.54) is 5.69 Å². The van der Waals surface area contributed by atoms with E-state index in [1.54, 1.807) is 6.20 Å². The maximum atomic E-state index is 11.3. The van der Waals surface area contributed by atoms with E-state index in [0.717, 1.165) is 25.8 Å². The molecule has 1 heterocycles. The van der Waals surface area contributed by atoms with Crippen molar-refractivity contribution in [2.24, 2.45) is 7.05 Å². The lowest BCUT2D eigenvalue weighted by Gasteiger charge is -2.05. The van der Waals surface area contributed by atoms with Crippen LogP contribution in [0.1, 0.15) is 18.5 Å². The van der Waals surface area contributed by atoms with E-state index in [9.17, 15) is 4.79 Å². The standard InChI is InChI=1S/C11H18N4O/c1-15-10(5-7-13-15)4-6-12-8-11(16)14-9-2-3-9/h5,7,9,12H,2-4,6,8H2,1H3,(H,14,16). The highest BCUT2D eigenvalue weighted by Crippen LogP contribution is 2.18. The topological polar surface area (TPSA) is 59.0 Å². The van der Waals surface area contributed by atoms with Gasteiger partial charge < -0.3 is 10.6 Å². The molecule has 0 atom stereocenters. The summed E-state index contributed by atoms with van der Waals surface area (Å²) in [6, 6.07) is 2.44. The molecule has 16 heavy (non-hydrogen) atoms. The summed E-state index contributed by atoms with van der Waals surface area (Å²) in [5, 5.41) is 10.2. The minimum absolute atomic E-state index is 0.104. The van der Waals surface area contributed by atoms with Crippen LogP contribution in [0.3, 0.4) is 0 Å². The summed E-state index contributed by atoms with van der Waals surface area (Å²) in [5.41, 5.74) is 1.18. The van der Waals surface area contributed by atoms with Crippen molar-refractivity contribution < 1.29 is 4.79 Å². The van der Waals surface area contributed by atoms with Gasteiger partial charge in [-0.2, -0.15) is 5.10 Å². The van der Waals surface area contributed by atoms with E-state index in [1.807, 2.05) is 17.8 Å². The second-order valence-electron chi connectivity index (χ2n) is 4.21. The van der Waals surface area contributed by atoms with Crippen LogP contribution in [-0.2, 0) is 18.3 Å². The highest BCUT2D eigenvalue weighted by Gasteiger charge is 2.22. The molecule has 1 amide bonds. The van der Waals surface area contributed by atoms with Gasteiger partial charge in [-0.3, -0.25) is 9.48 Å². The van der Waals surface area contributed by atoms with Gasteiger partial charge in [-0.1, -0.05) is 0 Å². The molecule has 5 nitrogen and oxygen atoms in total. The smallest absolute Gasteiger partial charge is 0.234 e. The Morgan fingerprint density at radius 3 is 3.06 bits per heavy atom. The first-order chi connectivity index (χ1) is 7.75. The van der Waals surface area contributed by atoms with Gasteiger partial charge in [-0.25, -0.2) is 0 Å². The van der Waals surface area contributed by atoms with Crippen LogP contribution < -0.4 is 10.6 Å². The summed E-state index contributed by atoms with van der Waals surface area (Å²) in [7, 11) is 1.93. The monoisotopic (exact) mass is 222 g/mol. The summed E-state index contributed by atoms with van der Waals surface area (Å²) < 4.78 is 1.85. The number of rotatable bonds is 6. The van der Waals surface area contributed by atoms with E-state index >= 15 is 0 Å². The first kappa shape index (κ1) is 11.1. The van der Waals surface area contributed by atoms with Crippen molar-refractivity contribution in [3.63, 3.8) is 0 Å². The molecule has 2 N–H and O–H groups in total. The maximum absolute atomic E-state index is 11.3. The van der Waals surface area contributed by atoms with E-state index in [-0.39, 0.29) is 5.91 Å². The molecule has 0 saturated heterocycles. The maximum Gasteiger partial charge on any atom is 0.234 e. The quantitative estimate of drug-likeness (QED) is 0.657. The lowest BCUT2D eigenvalue weighted by molar-refractivity contribution is -0.120.